The zero-order valence-electron chi connectivity index (χ0n) is 12.4. The van der Waals surface area contributed by atoms with Gasteiger partial charge in [0.05, 0.1) is 12.0 Å². The lowest BCUT2D eigenvalue weighted by molar-refractivity contribution is -0.157. The summed E-state index contributed by atoms with van der Waals surface area (Å²) >= 11 is 5.88. The molecule has 0 radical (unpaired) electrons. The summed E-state index contributed by atoms with van der Waals surface area (Å²) < 4.78 is 37.1. The molecule has 2 amide bonds. The molecule has 2 atom stereocenters. The minimum Gasteiger partial charge on any atom is -0.349 e. The molecule has 23 heavy (non-hydrogen) atoms. The van der Waals surface area contributed by atoms with Crippen molar-refractivity contribution < 1.29 is 22.8 Å². The predicted octanol–water partition coefficient (Wildman–Crippen LogP) is 2.93. The Balaban J connectivity index is 1.95. The van der Waals surface area contributed by atoms with Gasteiger partial charge in [0.2, 0.25) is 11.8 Å². The van der Waals surface area contributed by atoms with Crippen LogP contribution < -0.4 is 5.32 Å². The zero-order chi connectivity index (χ0) is 17.2. The number of carbonyl (C=O) groups is 2. The number of amides is 2. The summed E-state index contributed by atoms with van der Waals surface area (Å²) in [6.45, 7) is 0.208. The Morgan fingerprint density at radius 1 is 1.48 bits per heavy atom. The quantitative estimate of drug-likeness (QED) is 0.909. The van der Waals surface area contributed by atoms with Gasteiger partial charge in [0, 0.05) is 18.0 Å². The van der Waals surface area contributed by atoms with E-state index in [4.69, 9.17) is 11.6 Å². The third-order valence-corrected chi connectivity index (χ3v) is 3.90. The van der Waals surface area contributed by atoms with Crippen LogP contribution >= 0.6 is 11.6 Å². The molecular weight excluding hydrogens is 333 g/mol. The molecule has 1 aliphatic heterocycles. The molecular formula is C15H16ClF3N2O2. The average molecular weight is 349 g/mol. The number of hydrogen-bond acceptors (Lipinski definition) is 2. The Bertz CT molecular complexity index is 607. The summed E-state index contributed by atoms with van der Waals surface area (Å²) in [5, 5.41) is 3.24. The van der Waals surface area contributed by atoms with E-state index >= 15 is 0 Å². The van der Waals surface area contributed by atoms with Gasteiger partial charge in [-0.1, -0.05) is 23.7 Å². The first-order valence-corrected chi connectivity index (χ1v) is 7.44. The number of halogens is 4. The number of likely N-dealkylation sites (tertiary alicyclic amines) is 1. The molecule has 0 unspecified atom stereocenters. The average Bonchev–Trinajstić information content (AvgIpc) is 2.78. The summed E-state index contributed by atoms with van der Waals surface area (Å²) in [6.07, 6.45) is -4.67. The van der Waals surface area contributed by atoms with Crippen molar-refractivity contribution in [2.45, 2.75) is 25.6 Å². The molecule has 1 aliphatic rings. The normalized spacial score (nSPS) is 19.8. The Kier molecular flexibility index (Phi) is 5.19. The smallest absolute Gasteiger partial charge is 0.349 e. The van der Waals surface area contributed by atoms with Crippen molar-refractivity contribution in [1.29, 1.82) is 0 Å². The van der Waals surface area contributed by atoms with Gasteiger partial charge in [-0.25, -0.2) is 0 Å². The van der Waals surface area contributed by atoms with Crippen molar-refractivity contribution in [3.05, 3.63) is 34.9 Å². The fourth-order valence-electron chi connectivity index (χ4n) is 2.51. The molecule has 0 saturated carbocycles. The van der Waals surface area contributed by atoms with Gasteiger partial charge in [-0.2, -0.15) is 13.2 Å². The highest BCUT2D eigenvalue weighted by molar-refractivity contribution is 6.30. The first-order valence-electron chi connectivity index (χ1n) is 7.06. The van der Waals surface area contributed by atoms with Gasteiger partial charge in [0.1, 0.15) is 6.54 Å². The van der Waals surface area contributed by atoms with E-state index in [1.807, 2.05) is 0 Å². The highest BCUT2D eigenvalue weighted by atomic mass is 35.5. The number of rotatable bonds is 4. The van der Waals surface area contributed by atoms with Crippen LogP contribution in [0, 0.1) is 5.92 Å². The third-order valence-electron chi connectivity index (χ3n) is 3.66. The second-order valence-electron chi connectivity index (χ2n) is 5.58. The van der Waals surface area contributed by atoms with E-state index in [1.54, 1.807) is 31.2 Å². The molecule has 4 nitrogen and oxygen atoms in total. The zero-order valence-corrected chi connectivity index (χ0v) is 13.1. The van der Waals surface area contributed by atoms with Crippen LogP contribution in [0.2, 0.25) is 5.02 Å². The van der Waals surface area contributed by atoms with E-state index in [1.165, 1.54) is 0 Å². The molecule has 1 aromatic rings. The Morgan fingerprint density at radius 3 is 2.78 bits per heavy atom. The summed E-state index contributed by atoms with van der Waals surface area (Å²) in [5.41, 5.74) is 0.780. The standard InChI is InChI=1S/C15H16ClF3N2O2/c1-9(10-3-2-4-12(16)5-10)20-14(23)11-6-13(22)21(7-11)8-15(17,18)19/h2-5,9,11H,6-8H2,1H3,(H,20,23)/t9-,11-/m1/s1. The molecule has 1 fully saturated rings. The number of alkyl halides is 3. The van der Waals surface area contributed by atoms with Crippen molar-refractivity contribution in [3.8, 4) is 0 Å². The minimum absolute atomic E-state index is 0.204. The fraction of sp³-hybridized carbons (Fsp3) is 0.467. The molecule has 0 bridgehead atoms. The van der Waals surface area contributed by atoms with E-state index in [9.17, 15) is 22.8 Å². The maximum absolute atomic E-state index is 12.4. The lowest BCUT2D eigenvalue weighted by atomic mass is 10.1. The summed E-state index contributed by atoms with van der Waals surface area (Å²) in [4.78, 5) is 24.4. The van der Waals surface area contributed by atoms with E-state index in [2.05, 4.69) is 5.32 Å². The van der Waals surface area contributed by atoms with Crippen LogP contribution in [0.5, 0.6) is 0 Å². The lowest BCUT2D eigenvalue weighted by Crippen LogP contribution is -2.37. The number of hydrogen-bond donors (Lipinski definition) is 1. The molecule has 0 spiro atoms. The second-order valence-corrected chi connectivity index (χ2v) is 6.01. The van der Waals surface area contributed by atoms with Gasteiger partial charge in [-0.05, 0) is 24.6 Å². The maximum atomic E-state index is 12.4. The maximum Gasteiger partial charge on any atom is 0.406 e. The van der Waals surface area contributed by atoms with Crippen LogP contribution in [0.25, 0.3) is 0 Å². The number of benzene rings is 1. The number of nitrogens with zero attached hydrogens (tertiary/aromatic N) is 1. The van der Waals surface area contributed by atoms with Crippen LogP contribution in [-0.2, 0) is 9.59 Å². The van der Waals surface area contributed by atoms with Gasteiger partial charge in [-0.15, -0.1) is 0 Å². The highest BCUT2D eigenvalue weighted by Gasteiger charge is 2.40. The monoisotopic (exact) mass is 348 g/mol. The molecule has 2 rings (SSSR count). The van der Waals surface area contributed by atoms with Crippen molar-refractivity contribution in [2.75, 3.05) is 13.1 Å². The fourth-order valence-corrected chi connectivity index (χ4v) is 2.71. The molecule has 0 aliphatic carbocycles. The SMILES string of the molecule is C[C@@H](NC(=O)[C@@H]1CC(=O)N(CC(F)(F)F)C1)c1cccc(Cl)c1. The Hall–Kier alpha value is -1.76. The molecule has 1 heterocycles. The molecule has 1 N–H and O–H groups in total. The number of carbonyl (C=O) groups excluding carboxylic acids is 2. The topological polar surface area (TPSA) is 49.4 Å². The lowest BCUT2D eigenvalue weighted by Gasteiger charge is -2.19. The number of nitrogens with one attached hydrogen (secondary N) is 1. The molecule has 0 aromatic heterocycles. The molecule has 1 aromatic carbocycles. The molecule has 8 heteroatoms. The van der Waals surface area contributed by atoms with E-state index in [-0.39, 0.29) is 19.0 Å². The van der Waals surface area contributed by atoms with Crippen LogP contribution in [0.4, 0.5) is 13.2 Å². The van der Waals surface area contributed by atoms with Crippen LogP contribution in [0.15, 0.2) is 24.3 Å². The minimum atomic E-state index is -4.46. The Labute approximate surface area is 136 Å². The summed E-state index contributed by atoms with van der Waals surface area (Å²) in [7, 11) is 0. The first kappa shape index (κ1) is 17.6. The van der Waals surface area contributed by atoms with Gasteiger partial charge in [0.25, 0.3) is 0 Å². The summed E-state index contributed by atoms with van der Waals surface area (Å²) in [6, 6.07) is 6.57. The van der Waals surface area contributed by atoms with Crippen molar-refractivity contribution in [2.24, 2.45) is 5.92 Å². The van der Waals surface area contributed by atoms with E-state index in [0.717, 1.165) is 5.56 Å². The van der Waals surface area contributed by atoms with Gasteiger partial charge in [-0.3, -0.25) is 9.59 Å². The van der Waals surface area contributed by atoms with Crippen molar-refractivity contribution >= 4 is 23.4 Å². The van der Waals surface area contributed by atoms with Gasteiger partial charge in [0.15, 0.2) is 0 Å². The third kappa shape index (κ3) is 4.86. The predicted molar refractivity (Wildman–Crippen MR) is 78.8 cm³/mol. The van der Waals surface area contributed by atoms with E-state index < -0.39 is 30.5 Å². The van der Waals surface area contributed by atoms with Gasteiger partial charge >= 0.3 is 6.18 Å². The molecule has 1 saturated heterocycles. The van der Waals surface area contributed by atoms with Crippen LogP contribution in [-0.4, -0.2) is 36.0 Å². The van der Waals surface area contributed by atoms with Crippen LogP contribution in [0.3, 0.4) is 0 Å². The Morgan fingerprint density at radius 2 is 2.17 bits per heavy atom. The molecule has 126 valence electrons. The van der Waals surface area contributed by atoms with Crippen molar-refractivity contribution in [3.63, 3.8) is 0 Å². The highest BCUT2D eigenvalue weighted by Crippen LogP contribution is 2.25. The first-order chi connectivity index (χ1) is 10.7. The van der Waals surface area contributed by atoms with Gasteiger partial charge < -0.3 is 10.2 Å². The summed E-state index contributed by atoms with van der Waals surface area (Å²) in [5.74, 6) is -1.86. The second kappa shape index (κ2) is 6.78. The largest absolute Gasteiger partial charge is 0.406 e. The van der Waals surface area contributed by atoms with Crippen LogP contribution in [0.1, 0.15) is 24.9 Å². The van der Waals surface area contributed by atoms with E-state index in [0.29, 0.717) is 9.92 Å². The van der Waals surface area contributed by atoms with Crippen molar-refractivity contribution in [1.82, 2.24) is 10.2 Å².